The maximum Gasteiger partial charge on any atom is 0.350 e. The fourth-order valence-corrected chi connectivity index (χ4v) is 4.30. The molecule has 160 valence electrons. The quantitative estimate of drug-likeness (QED) is 0.450. The summed E-state index contributed by atoms with van der Waals surface area (Å²) >= 11 is 0.932. The molecule has 0 fully saturated rings. The number of ether oxygens (including phenoxy) is 1. The van der Waals surface area contributed by atoms with Gasteiger partial charge < -0.3 is 18.7 Å². The molecule has 1 amide bonds. The van der Waals surface area contributed by atoms with Crippen LogP contribution in [0.1, 0.15) is 50.4 Å². The first kappa shape index (κ1) is 20.6. The number of aryl methyl sites for hydroxylation is 2. The number of carbonyl (C=O) groups is 3. The number of hydrogen-bond donors (Lipinski definition) is 1. The van der Waals surface area contributed by atoms with Crippen LogP contribution in [-0.4, -0.2) is 34.4 Å². The summed E-state index contributed by atoms with van der Waals surface area (Å²) in [4.78, 5) is 44.0. The van der Waals surface area contributed by atoms with Gasteiger partial charge in [0.2, 0.25) is 5.78 Å². The third-order valence-electron chi connectivity index (χ3n) is 4.68. The van der Waals surface area contributed by atoms with Crippen LogP contribution in [0.3, 0.4) is 0 Å². The van der Waals surface area contributed by atoms with Crippen LogP contribution in [-0.2, 0) is 9.53 Å². The number of carbonyl (C=O) groups excluding carboxylic acids is 3. The van der Waals surface area contributed by atoms with Crippen LogP contribution in [0.4, 0.5) is 5.13 Å². The molecule has 4 heterocycles. The molecule has 9 nitrogen and oxygen atoms in total. The van der Waals surface area contributed by atoms with E-state index in [0.29, 0.717) is 11.5 Å². The highest BCUT2D eigenvalue weighted by molar-refractivity contribution is 7.17. The van der Waals surface area contributed by atoms with Gasteiger partial charge in [0.05, 0.1) is 24.1 Å². The van der Waals surface area contributed by atoms with Crippen LogP contribution in [0, 0.1) is 13.8 Å². The lowest BCUT2D eigenvalue weighted by Crippen LogP contribution is -2.30. The summed E-state index contributed by atoms with van der Waals surface area (Å²) in [5.41, 5.74) is 0.172. The van der Waals surface area contributed by atoms with Crippen LogP contribution in [0.25, 0.3) is 0 Å². The monoisotopic (exact) mass is 442 g/mol. The number of esters is 1. The fraction of sp³-hybridized carbons (Fsp3) is 0.238. The molecule has 0 aromatic carbocycles. The largest absolute Gasteiger partial charge is 0.503 e. The predicted octanol–water partition coefficient (Wildman–Crippen LogP) is 3.91. The second-order valence-corrected chi connectivity index (χ2v) is 7.70. The lowest BCUT2D eigenvalue weighted by Gasteiger charge is -2.22. The fourth-order valence-electron chi connectivity index (χ4n) is 3.32. The van der Waals surface area contributed by atoms with E-state index in [2.05, 4.69) is 4.98 Å². The van der Waals surface area contributed by atoms with E-state index in [0.717, 1.165) is 16.2 Å². The van der Waals surface area contributed by atoms with Gasteiger partial charge in [-0.3, -0.25) is 14.5 Å². The minimum absolute atomic E-state index is 0.0352. The smallest absolute Gasteiger partial charge is 0.350 e. The van der Waals surface area contributed by atoms with Crippen molar-refractivity contribution in [3.05, 3.63) is 69.7 Å². The number of ketones is 1. The van der Waals surface area contributed by atoms with Gasteiger partial charge in [0, 0.05) is 0 Å². The molecule has 3 aromatic heterocycles. The second-order valence-electron chi connectivity index (χ2n) is 6.73. The number of nitrogens with zero attached hydrogens (tertiary/aromatic N) is 2. The minimum atomic E-state index is -1.08. The van der Waals surface area contributed by atoms with Crippen molar-refractivity contribution in [3.63, 3.8) is 0 Å². The lowest BCUT2D eigenvalue weighted by molar-refractivity contribution is -0.117. The molecule has 10 heteroatoms. The van der Waals surface area contributed by atoms with Crippen molar-refractivity contribution >= 4 is 34.1 Å². The average Bonchev–Trinajstić information content (AvgIpc) is 3.50. The van der Waals surface area contributed by atoms with Crippen molar-refractivity contribution in [1.29, 1.82) is 0 Å². The highest BCUT2D eigenvalue weighted by Crippen LogP contribution is 2.44. The van der Waals surface area contributed by atoms with Crippen molar-refractivity contribution in [2.75, 3.05) is 11.5 Å². The van der Waals surface area contributed by atoms with Crippen molar-refractivity contribution in [1.82, 2.24) is 4.98 Å². The van der Waals surface area contributed by atoms with Crippen LogP contribution in [0.2, 0.25) is 0 Å². The normalized spacial score (nSPS) is 16.3. The Balaban J connectivity index is 1.83. The van der Waals surface area contributed by atoms with E-state index >= 15 is 0 Å². The van der Waals surface area contributed by atoms with E-state index in [1.165, 1.54) is 18.4 Å². The summed E-state index contributed by atoms with van der Waals surface area (Å²) in [6.45, 7) is 5.20. The van der Waals surface area contributed by atoms with Gasteiger partial charge in [-0.25, -0.2) is 9.78 Å². The van der Waals surface area contributed by atoms with Gasteiger partial charge in [-0.15, -0.1) is 0 Å². The van der Waals surface area contributed by atoms with Gasteiger partial charge in [-0.2, -0.15) is 0 Å². The number of Topliss-reactive ketones (excluding diaryl/α,β-unsaturated/α-hetero) is 1. The van der Waals surface area contributed by atoms with Crippen LogP contribution < -0.4 is 4.90 Å². The molecular formula is C21H18N2O7S. The van der Waals surface area contributed by atoms with E-state index in [9.17, 15) is 19.5 Å². The van der Waals surface area contributed by atoms with Crippen molar-refractivity contribution in [2.45, 2.75) is 26.8 Å². The van der Waals surface area contributed by atoms with E-state index in [-0.39, 0.29) is 33.7 Å². The molecule has 0 radical (unpaired) electrons. The number of amides is 1. The molecule has 3 aromatic rings. The average molecular weight is 442 g/mol. The summed E-state index contributed by atoms with van der Waals surface area (Å²) in [7, 11) is 0. The van der Waals surface area contributed by atoms with Crippen molar-refractivity contribution in [2.24, 2.45) is 0 Å². The lowest BCUT2D eigenvalue weighted by atomic mass is 10.00. The molecule has 1 N–H and O–H groups in total. The van der Waals surface area contributed by atoms with Crippen LogP contribution in [0.15, 0.2) is 50.7 Å². The van der Waals surface area contributed by atoms with Gasteiger partial charge >= 0.3 is 5.97 Å². The first-order valence-electron chi connectivity index (χ1n) is 9.39. The first-order chi connectivity index (χ1) is 14.8. The maximum absolute atomic E-state index is 13.1. The molecule has 4 rings (SSSR count). The SMILES string of the molecule is CCOC(=O)c1sc(N2C(=O)C(O)=C(C(=O)c3ccco3)[C@@H]2c2ccc(C)o2)nc1C. The Morgan fingerprint density at radius 3 is 2.68 bits per heavy atom. The third-order valence-corrected chi connectivity index (χ3v) is 5.82. The van der Waals surface area contributed by atoms with E-state index in [4.69, 9.17) is 13.6 Å². The Hall–Kier alpha value is -3.66. The topological polar surface area (TPSA) is 123 Å². The number of hydrogen-bond acceptors (Lipinski definition) is 9. The standard InChI is InChI=1S/C21H18N2O7S/c1-4-28-20(27)18-11(3)22-21(31-18)23-15(12-8-7-10(2)30-12)14(17(25)19(23)26)16(24)13-6-5-9-29-13/h5-9,15,25H,4H2,1-3H3/t15-/m0/s1. The van der Waals surface area contributed by atoms with Crippen LogP contribution >= 0.6 is 11.3 Å². The van der Waals surface area contributed by atoms with Crippen molar-refractivity contribution in [3.8, 4) is 0 Å². The molecule has 0 saturated carbocycles. The van der Waals surface area contributed by atoms with E-state index in [1.807, 2.05) is 0 Å². The van der Waals surface area contributed by atoms with Crippen molar-refractivity contribution < 1.29 is 33.1 Å². The van der Waals surface area contributed by atoms with E-state index in [1.54, 1.807) is 32.9 Å². The molecular weight excluding hydrogens is 424 g/mol. The van der Waals surface area contributed by atoms with Gasteiger partial charge in [0.1, 0.15) is 22.4 Å². The molecule has 0 spiro atoms. The van der Waals surface area contributed by atoms with Gasteiger partial charge in [0.25, 0.3) is 5.91 Å². The minimum Gasteiger partial charge on any atom is -0.503 e. The number of aliphatic hydroxyl groups excluding tert-OH is 1. The number of anilines is 1. The Labute approximate surface area is 180 Å². The zero-order valence-corrected chi connectivity index (χ0v) is 17.7. The van der Waals surface area contributed by atoms with E-state index < -0.39 is 29.5 Å². The Morgan fingerprint density at radius 1 is 1.29 bits per heavy atom. The molecule has 1 atom stereocenters. The zero-order chi connectivity index (χ0) is 22.3. The molecule has 1 aliphatic heterocycles. The Kier molecular flexibility index (Phi) is 5.24. The van der Waals surface area contributed by atoms with Crippen LogP contribution in [0.5, 0.6) is 0 Å². The third kappa shape index (κ3) is 3.44. The number of furan rings is 2. The highest BCUT2D eigenvalue weighted by atomic mass is 32.1. The molecule has 31 heavy (non-hydrogen) atoms. The number of thiazole rings is 1. The molecule has 0 aliphatic carbocycles. The molecule has 1 aliphatic rings. The van der Waals surface area contributed by atoms with Gasteiger partial charge in [-0.1, -0.05) is 11.3 Å². The molecule has 0 unspecified atom stereocenters. The maximum atomic E-state index is 13.1. The summed E-state index contributed by atoms with van der Waals surface area (Å²) in [5, 5.41) is 10.8. The summed E-state index contributed by atoms with van der Waals surface area (Å²) in [6, 6.07) is 5.17. The number of rotatable bonds is 6. The van der Waals surface area contributed by atoms with Gasteiger partial charge in [0.15, 0.2) is 16.7 Å². The first-order valence-corrected chi connectivity index (χ1v) is 10.2. The molecule has 0 bridgehead atoms. The summed E-state index contributed by atoms with van der Waals surface area (Å²) in [6.07, 6.45) is 1.32. The Bertz CT molecular complexity index is 1200. The number of aromatic nitrogens is 1. The Morgan fingerprint density at radius 2 is 2.06 bits per heavy atom. The predicted molar refractivity (Wildman–Crippen MR) is 109 cm³/mol. The molecule has 0 saturated heterocycles. The second kappa shape index (κ2) is 7.88. The summed E-state index contributed by atoms with van der Waals surface area (Å²) in [5.74, 6) is -2.01. The summed E-state index contributed by atoms with van der Waals surface area (Å²) < 4.78 is 15.9. The number of aliphatic hydroxyl groups is 1. The van der Waals surface area contributed by atoms with Gasteiger partial charge in [-0.05, 0) is 45.0 Å². The zero-order valence-electron chi connectivity index (χ0n) is 16.9. The highest BCUT2D eigenvalue weighted by Gasteiger charge is 2.48.